The fourth-order valence-electron chi connectivity index (χ4n) is 3.70. The van der Waals surface area contributed by atoms with Crippen LogP contribution in [0.25, 0.3) is 11.5 Å². The number of amides is 1. The Morgan fingerprint density at radius 1 is 1.19 bits per heavy atom. The number of piperidine rings is 1. The lowest BCUT2D eigenvalue weighted by Gasteiger charge is -2.39. The van der Waals surface area contributed by atoms with E-state index in [4.69, 9.17) is 4.42 Å². The Bertz CT molecular complexity index is 895. The smallest absolute Gasteiger partial charge is 0.238 e. The van der Waals surface area contributed by atoms with E-state index in [1.165, 1.54) is 0 Å². The monoisotopic (exact) mass is 390 g/mol. The van der Waals surface area contributed by atoms with Crippen LogP contribution in [0.15, 0.2) is 34.7 Å². The predicted octanol–water partition coefficient (Wildman–Crippen LogP) is 3.35. The normalized spacial score (nSPS) is 20.6. The Morgan fingerprint density at radius 3 is 2.44 bits per heavy atom. The number of benzene rings is 1. The minimum absolute atomic E-state index is 0.0786. The third-order valence-electron chi connectivity index (χ3n) is 5.09. The van der Waals surface area contributed by atoms with Crippen molar-refractivity contribution >= 4 is 15.7 Å². The fourth-order valence-corrected chi connectivity index (χ4v) is 5.01. The molecule has 1 aliphatic heterocycles. The first kappa shape index (κ1) is 19.6. The number of aryl methyl sites for hydroxylation is 1. The van der Waals surface area contributed by atoms with Crippen LogP contribution in [0.4, 0.5) is 0 Å². The first-order valence-corrected chi connectivity index (χ1v) is 11.1. The summed E-state index contributed by atoms with van der Waals surface area (Å²) >= 11 is 0. The van der Waals surface area contributed by atoms with Crippen LogP contribution in [0.1, 0.15) is 44.6 Å². The SMILES string of the molecule is Cc1oc(-c2ccccc2)nc1CS(=O)(=O)CC(=O)N1[C@H](C)CCC[C@@H]1C. The van der Waals surface area contributed by atoms with Crippen molar-refractivity contribution in [2.75, 3.05) is 5.75 Å². The van der Waals surface area contributed by atoms with Crippen LogP contribution < -0.4 is 0 Å². The topological polar surface area (TPSA) is 80.5 Å². The van der Waals surface area contributed by atoms with Gasteiger partial charge < -0.3 is 9.32 Å². The van der Waals surface area contributed by atoms with Crippen molar-refractivity contribution < 1.29 is 17.6 Å². The molecule has 1 amide bonds. The Hall–Kier alpha value is -2.15. The lowest BCUT2D eigenvalue weighted by atomic mass is 9.98. The van der Waals surface area contributed by atoms with Crippen molar-refractivity contribution in [1.82, 2.24) is 9.88 Å². The number of carbonyl (C=O) groups excluding carboxylic acids is 1. The van der Waals surface area contributed by atoms with Crippen LogP contribution in [0, 0.1) is 6.92 Å². The highest BCUT2D eigenvalue weighted by Gasteiger charge is 2.32. The summed E-state index contributed by atoms with van der Waals surface area (Å²) in [6, 6.07) is 9.48. The number of rotatable bonds is 5. The number of hydrogen-bond donors (Lipinski definition) is 0. The van der Waals surface area contributed by atoms with Crippen molar-refractivity contribution in [3.05, 3.63) is 41.8 Å². The van der Waals surface area contributed by atoms with Gasteiger partial charge >= 0.3 is 0 Å². The first-order chi connectivity index (χ1) is 12.8. The lowest BCUT2D eigenvalue weighted by Crippen LogP contribution is -2.49. The summed E-state index contributed by atoms with van der Waals surface area (Å²) in [5, 5.41) is 0. The van der Waals surface area contributed by atoms with Gasteiger partial charge in [-0.3, -0.25) is 4.79 Å². The minimum atomic E-state index is -3.64. The second-order valence-corrected chi connectivity index (χ2v) is 9.41. The molecule has 0 bridgehead atoms. The molecule has 3 rings (SSSR count). The third-order valence-corrected chi connectivity index (χ3v) is 6.49. The standard InChI is InChI=1S/C20H26N2O4S/c1-14-8-7-9-15(2)22(14)19(23)13-27(24,25)12-18-16(3)26-20(21-18)17-10-5-4-6-11-17/h4-6,10-11,14-15H,7-9,12-13H2,1-3H3/t14-,15+. The van der Waals surface area contributed by atoms with Crippen LogP contribution in [-0.2, 0) is 20.4 Å². The molecule has 1 aliphatic rings. The van der Waals surface area contributed by atoms with Gasteiger partial charge in [-0.25, -0.2) is 13.4 Å². The molecule has 146 valence electrons. The maximum Gasteiger partial charge on any atom is 0.238 e. The van der Waals surface area contributed by atoms with Gasteiger partial charge in [0.25, 0.3) is 0 Å². The van der Waals surface area contributed by atoms with Gasteiger partial charge in [0.15, 0.2) is 9.84 Å². The van der Waals surface area contributed by atoms with Gasteiger partial charge in [-0.15, -0.1) is 0 Å². The molecular weight excluding hydrogens is 364 g/mol. The van der Waals surface area contributed by atoms with Crippen LogP contribution in [-0.4, -0.2) is 42.0 Å². The van der Waals surface area contributed by atoms with Crippen molar-refractivity contribution in [3.63, 3.8) is 0 Å². The molecule has 1 saturated heterocycles. The summed E-state index contributed by atoms with van der Waals surface area (Å²) in [6.07, 6.45) is 2.90. The lowest BCUT2D eigenvalue weighted by molar-refractivity contribution is -0.134. The summed E-state index contributed by atoms with van der Waals surface area (Å²) in [6.45, 7) is 5.66. The molecule has 1 fully saturated rings. The molecule has 0 saturated carbocycles. The quantitative estimate of drug-likeness (QED) is 0.782. The van der Waals surface area contributed by atoms with E-state index in [1.54, 1.807) is 11.8 Å². The highest BCUT2D eigenvalue weighted by Crippen LogP contribution is 2.25. The van der Waals surface area contributed by atoms with Gasteiger partial charge in [0, 0.05) is 17.6 Å². The number of nitrogens with zero attached hydrogens (tertiary/aromatic N) is 2. The zero-order chi connectivity index (χ0) is 19.6. The second kappa shape index (κ2) is 7.84. The van der Waals surface area contributed by atoms with Crippen molar-refractivity contribution in [1.29, 1.82) is 0 Å². The number of carbonyl (C=O) groups is 1. The largest absolute Gasteiger partial charge is 0.441 e. The molecule has 2 heterocycles. The molecule has 0 unspecified atom stereocenters. The van der Waals surface area contributed by atoms with E-state index in [9.17, 15) is 13.2 Å². The van der Waals surface area contributed by atoms with Crippen LogP contribution in [0.3, 0.4) is 0 Å². The first-order valence-electron chi connectivity index (χ1n) is 9.30. The molecule has 0 radical (unpaired) electrons. The van der Waals surface area contributed by atoms with Crippen molar-refractivity contribution in [2.24, 2.45) is 0 Å². The summed E-state index contributed by atoms with van der Waals surface area (Å²) < 4.78 is 30.9. The van der Waals surface area contributed by atoms with Gasteiger partial charge in [0.2, 0.25) is 11.8 Å². The number of oxazole rings is 1. The van der Waals surface area contributed by atoms with Crippen LogP contribution >= 0.6 is 0 Å². The molecule has 27 heavy (non-hydrogen) atoms. The summed E-state index contributed by atoms with van der Waals surface area (Å²) in [4.78, 5) is 18.7. The minimum Gasteiger partial charge on any atom is -0.441 e. The highest BCUT2D eigenvalue weighted by atomic mass is 32.2. The van der Waals surface area contributed by atoms with Crippen LogP contribution in [0.2, 0.25) is 0 Å². The maximum atomic E-state index is 12.6. The molecule has 1 aromatic carbocycles. The zero-order valence-electron chi connectivity index (χ0n) is 16.0. The van der Waals surface area contributed by atoms with E-state index >= 15 is 0 Å². The van der Waals surface area contributed by atoms with Gasteiger partial charge in [0.1, 0.15) is 11.5 Å². The Kier molecular flexibility index (Phi) is 5.69. The third kappa shape index (κ3) is 4.58. The average molecular weight is 391 g/mol. The molecule has 2 atom stereocenters. The van der Waals surface area contributed by atoms with Gasteiger partial charge in [0.05, 0.1) is 11.4 Å². The molecule has 0 N–H and O–H groups in total. The Morgan fingerprint density at radius 2 is 1.81 bits per heavy atom. The van der Waals surface area contributed by atoms with E-state index in [0.29, 0.717) is 17.3 Å². The molecule has 2 aromatic rings. The Labute approximate surface area is 160 Å². The van der Waals surface area contributed by atoms with Gasteiger partial charge in [-0.05, 0) is 52.2 Å². The number of likely N-dealkylation sites (tertiary alicyclic amines) is 1. The molecule has 6 nitrogen and oxygen atoms in total. The van der Waals surface area contributed by atoms with E-state index in [2.05, 4.69) is 4.98 Å². The summed E-state index contributed by atoms with van der Waals surface area (Å²) in [5.41, 5.74) is 1.15. The average Bonchev–Trinajstić information content (AvgIpc) is 2.95. The van der Waals surface area contributed by atoms with E-state index in [1.807, 2.05) is 44.2 Å². The zero-order valence-corrected chi connectivity index (χ0v) is 16.8. The fraction of sp³-hybridized carbons (Fsp3) is 0.500. The van der Waals surface area contributed by atoms with E-state index < -0.39 is 15.6 Å². The van der Waals surface area contributed by atoms with Crippen LogP contribution in [0.5, 0.6) is 0 Å². The summed E-state index contributed by atoms with van der Waals surface area (Å²) in [5.74, 6) is -0.252. The molecule has 1 aromatic heterocycles. The number of sulfone groups is 1. The van der Waals surface area contributed by atoms with Crippen molar-refractivity contribution in [2.45, 2.75) is 57.9 Å². The number of aromatic nitrogens is 1. The highest BCUT2D eigenvalue weighted by molar-refractivity contribution is 7.91. The van der Waals surface area contributed by atoms with Gasteiger partial charge in [-0.1, -0.05) is 18.2 Å². The molecule has 0 aliphatic carbocycles. The van der Waals surface area contributed by atoms with Crippen molar-refractivity contribution in [3.8, 4) is 11.5 Å². The molecule has 7 heteroatoms. The Balaban J connectivity index is 1.73. The number of hydrogen-bond acceptors (Lipinski definition) is 5. The summed E-state index contributed by atoms with van der Waals surface area (Å²) in [7, 11) is -3.64. The molecular formula is C20H26N2O4S. The molecule has 0 spiro atoms. The van der Waals surface area contributed by atoms with Gasteiger partial charge in [-0.2, -0.15) is 0 Å². The van der Waals surface area contributed by atoms with E-state index in [-0.39, 0.29) is 23.7 Å². The second-order valence-electron chi connectivity index (χ2n) is 7.35. The van der Waals surface area contributed by atoms with E-state index in [0.717, 1.165) is 24.8 Å². The maximum absolute atomic E-state index is 12.6. The predicted molar refractivity (Wildman–Crippen MR) is 104 cm³/mol.